The van der Waals surface area contributed by atoms with Crippen LogP contribution < -0.4 is 5.73 Å². The molecule has 0 aliphatic heterocycles. The predicted molar refractivity (Wildman–Crippen MR) is 27.6 cm³/mol. The molecule has 40 valence electrons. The molecule has 0 unspecified atom stereocenters. The Kier molecular flexibility index (Phi) is 11.8. The van der Waals surface area contributed by atoms with E-state index in [-0.39, 0.29) is 1.43 Å². The largest absolute Gasteiger partial charge is 1.00 e. The molecule has 0 radical (unpaired) electrons. The Morgan fingerprint density at radius 1 is 1.71 bits per heavy atom. The number of nitrogens with two attached hydrogens (primary N) is 1. The van der Waals surface area contributed by atoms with E-state index in [0.717, 1.165) is 6.08 Å². The highest BCUT2D eigenvalue weighted by atomic mass is 16.1. The first kappa shape index (κ1) is 9.30. The monoisotopic (exact) mass is 102 g/mol. The average molecular weight is 102 g/mol. The molecule has 0 saturated carbocycles. The minimum absolute atomic E-state index is 0. The fourth-order valence-corrected chi connectivity index (χ4v) is 0. The van der Waals surface area contributed by atoms with Gasteiger partial charge < -0.3 is 10.5 Å². The molecule has 1 amide bonds. The van der Waals surface area contributed by atoms with E-state index in [1.54, 1.807) is 0 Å². The van der Waals surface area contributed by atoms with Crippen LogP contribution in [0.3, 0.4) is 0 Å². The van der Waals surface area contributed by atoms with Crippen molar-refractivity contribution in [3.05, 3.63) is 12.7 Å². The zero-order valence-corrected chi connectivity index (χ0v) is 3.89. The third-order valence-electron chi connectivity index (χ3n) is 0.201. The van der Waals surface area contributed by atoms with Crippen LogP contribution in [0.2, 0.25) is 0 Å². The summed E-state index contributed by atoms with van der Waals surface area (Å²) in [5.41, 5.74) is 4.53. The number of hydrogen-bond donors (Lipinski definition) is 1. The molecule has 0 bridgehead atoms. The van der Waals surface area contributed by atoms with Crippen LogP contribution in [0.4, 0.5) is 0 Å². The van der Waals surface area contributed by atoms with Crippen LogP contribution in [0.15, 0.2) is 12.7 Å². The highest BCUT2D eigenvalue weighted by Gasteiger charge is 1.69. The molecule has 0 aliphatic carbocycles. The Hall–Kier alpha value is -1.12. The maximum Gasteiger partial charge on any atom is 1.00 e. The molecule has 0 aliphatic rings. The van der Waals surface area contributed by atoms with E-state index >= 15 is 0 Å². The summed E-state index contributed by atoms with van der Waals surface area (Å²) in [6, 6.07) is 0. The zero-order valence-electron chi connectivity index (χ0n) is 4.89. The van der Waals surface area contributed by atoms with Gasteiger partial charge in [-0.2, -0.15) is 0 Å². The average Bonchev–Trinajstić information content (AvgIpc) is 1.73. The second kappa shape index (κ2) is 8.86. The molecular weight excluding hydrogens is 94.0 g/mol. The van der Waals surface area contributed by atoms with Gasteiger partial charge in [0.15, 0.2) is 0 Å². The molecule has 3 nitrogen and oxygen atoms in total. The number of hydrogen-bond acceptors (Lipinski definition) is 2. The lowest BCUT2D eigenvalue weighted by Gasteiger charge is -1.65. The van der Waals surface area contributed by atoms with E-state index in [0.29, 0.717) is 0 Å². The SMILES string of the molecule is C=CC(N)=O.C=O.[H+]. The van der Waals surface area contributed by atoms with Crippen molar-refractivity contribution in [1.82, 2.24) is 0 Å². The van der Waals surface area contributed by atoms with E-state index in [9.17, 15) is 4.79 Å². The fourth-order valence-electron chi connectivity index (χ4n) is 0. The van der Waals surface area contributed by atoms with Gasteiger partial charge in [0.2, 0.25) is 5.91 Å². The van der Waals surface area contributed by atoms with E-state index in [1.807, 2.05) is 6.79 Å². The van der Waals surface area contributed by atoms with Crippen LogP contribution in [0.5, 0.6) is 0 Å². The lowest BCUT2D eigenvalue weighted by Crippen LogP contribution is -2.04. The van der Waals surface area contributed by atoms with Gasteiger partial charge in [-0.25, -0.2) is 0 Å². The minimum Gasteiger partial charge on any atom is -0.366 e. The summed E-state index contributed by atoms with van der Waals surface area (Å²) in [6.45, 7) is 5.09. The molecule has 0 heterocycles. The van der Waals surface area contributed by atoms with E-state index in [1.165, 1.54) is 0 Å². The lowest BCUT2D eigenvalue weighted by atomic mass is 10.6. The van der Waals surface area contributed by atoms with Crippen molar-refractivity contribution in [3.63, 3.8) is 0 Å². The summed E-state index contributed by atoms with van der Waals surface area (Å²) in [6.07, 6.45) is 1.06. The van der Waals surface area contributed by atoms with Crippen molar-refractivity contribution in [2.75, 3.05) is 0 Å². The molecule has 0 spiro atoms. The first-order chi connectivity index (χ1) is 3.27. The van der Waals surface area contributed by atoms with Gasteiger partial charge in [-0.1, -0.05) is 6.58 Å². The molecule has 0 saturated heterocycles. The van der Waals surface area contributed by atoms with Gasteiger partial charge in [0.1, 0.15) is 6.79 Å². The molecule has 0 rings (SSSR count). The summed E-state index contributed by atoms with van der Waals surface area (Å²) in [7, 11) is 0. The molecule has 0 atom stereocenters. The quantitative estimate of drug-likeness (QED) is 0.457. The second-order valence-electron chi connectivity index (χ2n) is 0.606. The van der Waals surface area contributed by atoms with Crippen LogP contribution in [0.25, 0.3) is 0 Å². The maximum atomic E-state index is 9.47. The van der Waals surface area contributed by atoms with Crippen LogP contribution in [0.1, 0.15) is 1.43 Å². The predicted octanol–water partition coefficient (Wildman–Crippen LogP) is -0.415. The van der Waals surface area contributed by atoms with Crippen molar-refractivity contribution in [2.24, 2.45) is 5.73 Å². The summed E-state index contributed by atoms with van der Waals surface area (Å²) < 4.78 is 0. The Morgan fingerprint density at radius 2 is 1.86 bits per heavy atom. The molecule has 0 aromatic heterocycles. The van der Waals surface area contributed by atoms with Crippen molar-refractivity contribution in [2.45, 2.75) is 0 Å². The Balaban J connectivity index is -0.0000000750. The number of amides is 1. The van der Waals surface area contributed by atoms with Crippen molar-refractivity contribution in [1.29, 1.82) is 0 Å². The highest BCUT2D eigenvalue weighted by molar-refractivity contribution is 5.84. The van der Waals surface area contributed by atoms with Crippen molar-refractivity contribution >= 4 is 12.7 Å². The van der Waals surface area contributed by atoms with Crippen LogP contribution in [-0.4, -0.2) is 12.7 Å². The van der Waals surface area contributed by atoms with Gasteiger partial charge in [0.05, 0.1) is 0 Å². The first-order valence-corrected chi connectivity index (χ1v) is 1.48. The van der Waals surface area contributed by atoms with Crippen LogP contribution in [-0.2, 0) is 9.59 Å². The maximum absolute atomic E-state index is 9.47. The summed E-state index contributed by atoms with van der Waals surface area (Å²) in [5.74, 6) is -0.481. The number of carbonyl (C=O) groups is 2. The smallest absolute Gasteiger partial charge is 0.366 e. The normalized spacial score (nSPS) is 5.14. The van der Waals surface area contributed by atoms with Gasteiger partial charge in [-0.15, -0.1) is 0 Å². The number of primary amides is 1. The van der Waals surface area contributed by atoms with E-state index in [2.05, 4.69) is 12.3 Å². The standard InChI is InChI=1S/C3H5NO.CH2O/c1-2-3(4)5;1-2/h2H,1H2,(H2,4,5);1H2/p+1. The molecule has 2 N–H and O–H groups in total. The second-order valence-corrected chi connectivity index (χ2v) is 0.606. The zero-order chi connectivity index (χ0) is 6.28. The van der Waals surface area contributed by atoms with Gasteiger partial charge in [-0.05, 0) is 6.08 Å². The molecule has 0 aromatic rings. The van der Waals surface area contributed by atoms with E-state index < -0.39 is 5.91 Å². The van der Waals surface area contributed by atoms with Gasteiger partial charge in [-0.3, -0.25) is 4.79 Å². The summed E-state index contributed by atoms with van der Waals surface area (Å²) >= 11 is 0. The minimum atomic E-state index is -0.481. The van der Waals surface area contributed by atoms with Gasteiger partial charge >= 0.3 is 1.43 Å². The van der Waals surface area contributed by atoms with Gasteiger partial charge in [0, 0.05) is 0 Å². The summed E-state index contributed by atoms with van der Waals surface area (Å²) in [4.78, 5) is 17.5. The Bertz CT molecular complexity index is 74.4. The lowest BCUT2D eigenvalue weighted by molar-refractivity contribution is -0.113. The van der Waals surface area contributed by atoms with E-state index in [4.69, 9.17) is 4.79 Å². The molecule has 7 heavy (non-hydrogen) atoms. The molecule has 3 heteroatoms. The fraction of sp³-hybridized carbons (Fsp3) is 0. The van der Waals surface area contributed by atoms with Crippen LogP contribution >= 0.6 is 0 Å². The third-order valence-corrected chi connectivity index (χ3v) is 0.201. The van der Waals surface area contributed by atoms with Gasteiger partial charge in [0.25, 0.3) is 0 Å². The molecule has 0 fully saturated rings. The first-order valence-electron chi connectivity index (χ1n) is 1.48. The summed E-state index contributed by atoms with van der Waals surface area (Å²) in [5, 5.41) is 0. The molecule has 0 aromatic carbocycles. The Morgan fingerprint density at radius 3 is 1.86 bits per heavy atom. The highest BCUT2D eigenvalue weighted by Crippen LogP contribution is 1.48. The molecular formula is C4H8NO2+. The number of rotatable bonds is 1. The van der Waals surface area contributed by atoms with Crippen molar-refractivity contribution < 1.29 is 11.0 Å². The van der Waals surface area contributed by atoms with Crippen molar-refractivity contribution in [3.8, 4) is 0 Å². The Labute approximate surface area is 43.3 Å². The number of carbonyl (C=O) groups excluding carboxylic acids is 2. The third kappa shape index (κ3) is 52.3. The van der Waals surface area contributed by atoms with Crippen LogP contribution in [0, 0.1) is 0 Å². The topological polar surface area (TPSA) is 60.2 Å².